The van der Waals surface area contributed by atoms with Crippen molar-refractivity contribution in [3.63, 3.8) is 0 Å². The standard InChI is InChI=1S/C21H25N3O5/c1-21(2,3)15-8-5-13(6-9-15)19(26)23-24-20(27)14-7-10-16(17(11-14)28-4)29-12-18(22)25/h5-11H,12H2,1-4H3,(H2,22,25)(H,23,26)(H,24,27). The van der Waals surface area contributed by atoms with E-state index in [-0.39, 0.29) is 29.1 Å². The number of methoxy groups -OCH3 is 1. The number of hydrogen-bond acceptors (Lipinski definition) is 5. The number of benzene rings is 2. The fourth-order valence-corrected chi connectivity index (χ4v) is 2.46. The van der Waals surface area contributed by atoms with Gasteiger partial charge in [0, 0.05) is 11.1 Å². The van der Waals surface area contributed by atoms with Gasteiger partial charge in [-0.05, 0) is 41.3 Å². The van der Waals surface area contributed by atoms with Gasteiger partial charge in [0.1, 0.15) is 0 Å². The molecule has 154 valence electrons. The predicted molar refractivity (Wildman–Crippen MR) is 108 cm³/mol. The van der Waals surface area contributed by atoms with Crippen LogP contribution in [0.15, 0.2) is 42.5 Å². The highest BCUT2D eigenvalue weighted by atomic mass is 16.5. The molecule has 0 aromatic heterocycles. The minimum absolute atomic E-state index is 0.0183. The molecule has 2 rings (SSSR count). The van der Waals surface area contributed by atoms with Crippen LogP contribution in [0, 0.1) is 0 Å². The second-order valence-corrected chi connectivity index (χ2v) is 7.36. The Morgan fingerprint density at radius 2 is 1.45 bits per heavy atom. The summed E-state index contributed by atoms with van der Waals surface area (Å²) >= 11 is 0. The molecule has 0 unspecified atom stereocenters. The lowest BCUT2D eigenvalue weighted by Gasteiger charge is -2.19. The van der Waals surface area contributed by atoms with Crippen molar-refractivity contribution in [3.8, 4) is 11.5 Å². The molecule has 0 bridgehead atoms. The first-order valence-electron chi connectivity index (χ1n) is 8.92. The van der Waals surface area contributed by atoms with Gasteiger partial charge in [0.2, 0.25) is 0 Å². The van der Waals surface area contributed by atoms with Crippen molar-refractivity contribution in [2.75, 3.05) is 13.7 Å². The van der Waals surface area contributed by atoms with E-state index in [1.807, 2.05) is 12.1 Å². The molecular weight excluding hydrogens is 374 g/mol. The summed E-state index contributed by atoms with van der Waals surface area (Å²) in [7, 11) is 1.40. The first-order chi connectivity index (χ1) is 13.6. The maximum absolute atomic E-state index is 12.3. The largest absolute Gasteiger partial charge is 0.493 e. The Balaban J connectivity index is 2.01. The van der Waals surface area contributed by atoms with Gasteiger partial charge in [-0.25, -0.2) is 0 Å². The van der Waals surface area contributed by atoms with Gasteiger partial charge >= 0.3 is 0 Å². The molecule has 4 N–H and O–H groups in total. The lowest BCUT2D eigenvalue weighted by atomic mass is 9.87. The molecule has 0 saturated carbocycles. The highest BCUT2D eigenvalue weighted by Gasteiger charge is 2.16. The van der Waals surface area contributed by atoms with Crippen molar-refractivity contribution < 1.29 is 23.9 Å². The number of carbonyl (C=O) groups is 3. The Labute approximate surface area is 169 Å². The van der Waals surface area contributed by atoms with Crippen LogP contribution in [0.1, 0.15) is 47.1 Å². The molecule has 0 aliphatic rings. The third-order valence-corrected chi connectivity index (χ3v) is 4.10. The van der Waals surface area contributed by atoms with E-state index in [0.29, 0.717) is 5.56 Å². The summed E-state index contributed by atoms with van der Waals surface area (Å²) in [5.74, 6) is -1.09. The van der Waals surface area contributed by atoms with Crippen LogP contribution in [0.25, 0.3) is 0 Å². The van der Waals surface area contributed by atoms with Crippen LogP contribution in [0.2, 0.25) is 0 Å². The molecule has 0 heterocycles. The van der Waals surface area contributed by atoms with E-state index >= 15 is 0 Å². The monoisotopic (exact) mass is 399 g/mol. The summed E-state index contributed by atoms with van der Waals surface area (Å²) in [4.78, 5) is 35.4. The van der Waals surface area contributed by atoms with Gasteiger partial charge in [0.15, 0.2) is 18.1 Å². The van der Waals surface area contributed by atoms with Crippen LogP contribution in [-0.2, 0) is 10.2 Å². The second-order valence-electron chi connectivity index (χ2n) is 7.36. The zero-order valence-electron chi connectivity index (χ0n) is 16.9. The number of rotatable bonds is 6. The minimum atomic E-state index is -0.632. The molecule has 0 spiro atoms. The lowest BCUT2D eigenvalue weighted by molar-refractivity contribution is -0.119. The topological polar surface area (TPSA) is 120 Å². The van der Waals surface area contributed by atoms with Gasteiger partial charge in [0.05, 0.1) is 7.11 Å². The quantitative estimate of drug-likeness (QED) is 0.641. The average Bonchev–Trinajstić information content (AvgIpc) is 2.69. The maximum Gasteiger partial charge on any atom is 0.269 e. The van der Waals surface area contributed by atoms with Crippen molar-refractivity contribution >= 4 is 17.7 Å². The van der Waals surface area contributed by atoms with Crippen LogP contribution in [0.5, 0.6) is 11.5 Å². The summed E-state index contributed by atoms with van der Waals surface area (Å²) in [5.41, 5.74) is 11.5. The smallest absolute Gasteiger partial charge is 0.269 e. The van der Waals surface area contributed by atoms with E-state index in [1.54, 1.807) is 12.1 Å². The predicted octanol–water partition coefficient (Wildman–Crippen LogP) is 1.93. The number of hydrazine groups is 1. The third-order valence-electron chi connectivity index (χ3n) is 4.10. The van der Waals surface area contributed by atoms with Crippen LogP contribution >= 0.6 is 0 Å². The number of primary amides is 1. The Kier molecular flexibility index (Phi) is 6.82. The van der Waals surface area contributed by atoms with Crippen molar-refractivity contribution in [3.05, 3.63) is 59.2 Å². The van der Waals surface area contributed by atoms with Gasteiger partial charge in [-0.15, -0.1) is 0 Å². The van der Waals surface area contributed by atoms with Gasteiger partial charge < -0.3 is 15.2 Å². The Morgan fingerprint density at radius 1 is 0.897 bits per heavy atom. The molecule has 8 heteroatoms. The van der Waals surface area contributed by atoms with E-state index in [1.165, 1.54) is 25.3 Å². The molecule has 8 nitrogen and oxygen atoms in total. The van der Waals surface area contributed by atoms with E-state index in [9.17, 15) is 14.4 Å². The fraction of sp³-hybridized carbons (Fsp3) is 0.286. The van der Waals surface area contributed by atoms with Crippen molar-refractivity contribution in [2.24, 2.45) is 5.73 Å². The van der Waals surface area contributed by atoms with E-state index in [4.69, 9.17) is 15.2 Å². The highest BCUT2D eigenvalue weighted by molar-refractivity contribution is 5.99. The molecule has 3 amide bonds. The molecule has 0 aliphatic heterocycles. The summed E-state index contributed by atoms with van der Waals surface area (Å²) in [5, 5.41) is 0. The summed E-state index contributed by atoms with van der Waals surface area (Å²) in [6.07, 6.45) is 0. The molecule has 2 aromatic rings. The first kappa shape index (κ1) is 21.7. The molecule has 0 atom stereocenters. The lowest BCUT2D eigenvalue weighted by Crippen LogP contribution is -2.41. The van der Waals surface area contributed by atoms with E-state index in [0.717, 1.165) is 5.56 Å². The van der Waals surface area contributed by atoms with Gasteiger partial charge in [-0.3, -0.25) is 25.2 Å². The van der Waals surface area contributed by atoms with Gasteiger partial charge in [-0.1, -0.05) is 32.9 Å². The number of hydrogen-bond donors (Lipinski definition) is 3. The molecule has 0 fully saturated rings. The minimum Gasteiger partial charge on any atom is -0.493 e. The molecular formula is C21H25N3O5. The van der Waals surface area contributed by atoms with Crippen molar-refractivity contribution in [1.82, 2.24) is 10.9 Å². The second kappa shape index (κ2) is 9.09. The average molecular weight is 399 g/mol. The molecule has 0 saturated heterocycles. The number of nitrogens with one attached hydrogen (secondary N) is 2. The first-order valence-corrected chi connectivity index (χ1v) is 8.92. The number of ether oxygens (including phenoxy) is 2. The molecule has 0 radical (unpaired) electrons. The van der Waals surface area contributed by atoms with Gasteiger partial charge in [0.25, 0.3) is 17.7 Å². The van der Waals surface area contributed by atoms with Crippen LogP contribution < -0.4 is 26.1 Å². The normalized spacial score (nSPS) is 10.8. The van der Waals surface area contributed by atoms with Gasteiger partial charge in [-0.2, -0.15) is 0 Å². The Morgan fingerprint density at radius 3 is 1.97 bits per heavy atom. The number of amides is 3. The summed E-state index contributed by atoms with van der Waals surface area (Å²) in [6, 6.07) is 11.5. The Bertz CT molecular complexity index is 902. The zero-order chi connectivity index (χ0) is 21.6. The van der Waals surface area contributed by atoms with Crippen LogP contribution in [0.4, 0.5) is 0 Å². The molecule has 0 aliphatic carbocycles. The van der Waals surface area contributed by atoms with E-state index < -0.39 is 17.7 Å². The number of carbonyl (C=O) groups excluding carboxylic acids is 3. The number of nitrogens with two attached hydrogens (primary N) is 1. The molecule has 29 heavy (non-hydrogen) atoms. The summed E-state index contributed by atoms with van der Waals surface area (Å²) < 4.78 is 10.4. The van der Waals surface area contributed by atoms with Crippen LogP contribution in [0.3, 0.4) is 0 Å². The van der Waals surface area contributed by atoms with Crippen molar-refractivity contribution in [2.45, 2.75) is 26.2 Å². The maximum atomic E-state index is 12.3. The SMILES string of the molecule is COc1cc(C(=O)NNC(=O)c2ccc(C(C)(C)C)cc2)ccc1OCC(N)=O. The molecule has 2 aromatic carbocycles. The zero-order valence-corrected chi connectivity index (χ0v) is 16.9. The fourth-order valence-electron chi connectivity index (χ4n) is 2.46. The Hall–Kier alpha value is -3.55. The van der Waals surface area contributed by atoms with E-state index in [2.05, 4.69) is 31.6 Å². The summed E-state index contributed by atoms with van der Waals surface area (Å²) in [6.45, 7) is 5.94. The highest BCUT2D eigenvalue weighted by Crippen LogP contribution is 2.28. The third kappa shape index (κ3) is 5.97. The van der Waals surface area contributed by atoms with Crippen LogP contribution in [-0.4, -0.2) is 31.4 Å². The van der Waals surface area contributed by atoms with Crippen molar-refractivity contribution in [1.29, 1.82) is 0 Å².